The lowest BCUT2D eigenvalue weighted by Crippen LogP contribution is -1.93. The lowest BCUT2D eigenvalue weighted by Gasteiger charge is -1.97. The summed E-state index contributed by atoms with van der Waals surface area (Å²) in [5.41, 5.74) is 0.551. The number of aromatic nitrogens is 5. The molecular weight excluding hydrogens is 214 g/mol. The Hall–Kier alpha value is -1.76. The van der Waals surface area contributed by atoms with Gasteiger partial charge in [-0.2, -0.15) is 0 Å². The van der Waals surface area contributed by atoms with Gasteiger partial charge in [0, 0.05) is 18.8 Å². The number of rotatable bonds is 3. The average Bonchev–Trinajstić information content (AvgIpc) is 2.66. The van der Waals surface area contributed by atoms with Crippen LogP contribution in [0.4, 0.5) is 0 Å². The zero-order valence-corrected chi connectivity index (χ0v) is 8.68. The topological polar surface area (TPSA) is 73.6 Å². The van der Waals surface area contributed by atoms with Gasteiger partial charge in [0.1, 0.15) is 5.03 Å². The predicted molar refractivity (Wildman–Crippen MR) is 52.5 cm³/mol. The van der Waals surface area contributed by atoms with Crippen molar-refractivity contribution in [2.45, 2.75) is 10.2 Å². The Balaban J connectivity index is 2.18. The first-order valence-corrected chi connectivity index (χ1v) is 4.92. The van der Waals surface area contributed by atoms with E-state index in [1.807, 2.05) is 0 Å². The van der Waals surface area contributed by atoms with E-state index in [0.29, 0.717) is 10.7 Å². The van der Waals surface area contributed by atoms with E-state index < -0.39 is 0 Å². The summed E-state index contributed by atoms with van der Waals surface area (Å²) in [6, 6.07) is 3.45. The summed E-state index contributed by atoms with van der Waals surface area (Å²) < 4.78 is 1.56. The van der Waals surface area contributed by atoms with Crippen LogP contribution in [0.2, 0.25) is 0 Å². The molecule has 0 amide bonds. The van der Waals surface area contributed by atoms with Crippen molar-refractivity contribution < 1.29 is 4.79 Å². The Kier molecular flexibility index (Phi) is 2.72. The minimum Gasteiger partial charge on any atom is -0.298 e. The van der Waals surface area contributed by atoms with Crippen LogP contribution in [0.25, 0.3) is 0 Å². The van der Waals surface area contributed by atoms with Crippen molar-refractivity contribution in [1.29, 1.82) is 0 Å². The molecule has 76 valence electrons. The van der Waals surface area contributed by atoms with Crippen molar-refractivity contribution in [2.75, 3.05) is 0 Å². The summed E-state index contributed by atoms with van der Waals surface area (Å²) in [6.45, 7) is 0. The monoisotopic (exact) mass is 221 g/mol. The van der Waals surface area contributed by atoms with Gasteiger partial charge in [-0.15, -0.1) is 5.10 Å². The molecule has 0 unspecified atom stereocenters. The lowest BCUT2D eigenvalue weighted by molar-refractivity contribution is 0.112. The molecule has 0 aliphatic heterocycles. The number of hydrogen-bond donors (Lipinski definition) is 0. The van der Waals surface area contributed by atoms with Crippen LogP contribution < -0.4 is 0 Å². The molecule has 2 rings (SSSR count). The first-order valence-electron chi connectivity index (χ1n) is 4.11. The van der Waals surface area contributed by atoms with Crippen molar-refractivity contribution in [1.82, 2.24) is 25.2 Å². The standard InChI is InChI=1S/C8H7N5OS/c1-13-8(10-11-12-13)15-7-3-2-6(5-14)4-9-7/h2-5H,1H3. The highest BCUT2D eigenvalue weighted by molar-refractivity contribution is 7.99. The maximum Gasteiger partial charge on any atom is 0.215 e. The van der Waals surface area contributed by atoms with Crippen LogP contribution >= 0.6 is 11.8 Å². The minimum absolute atomic E-state index is 0.551. The van der Waals surface area contributed by atoms with Crippen molar-refractivity contribution in [3.63, 3.8) is 0 Å². The predicted octanol–water partition coefficient (Wildman–Crippen LogP) is 0.569. The molecule has 0 saturated carbocycles. The second-order valence-corrected chi connectivity index (χ2v) is 3.72. The van der Waals surface area contributed by atoms with E-state index >= 15 is 0 Å². The Morgan fingerprint density at radius 3 is 2.87 bits per heavy atom. The molecule has 0 aliphatic carbocycles. The molecule has 0 aromatic carbocycles. The third kappa shape index (κ3) is 2.18. The van der Waals surface area contributed by atoms with Gasteiger partial charge >= 0.3 is 0 Å². The van der Waals surface area contributed by atoms with E-state index in [0.717, 1.165) is 11.3 Å². The molecule has 0 fully saturated rings. The van der Waals surface area contributed by atoms with Crippen LogP contribution in [-0.2, 0) is 7.05 Å². The SMILES string of the molecule is Cn1nnnc1Sc1ccc(C=O)cn1. The van der Waals surface area contributed by atoms with Crippen molar-refractivity contribution in [3.05, 3.63) is 23.9 Å². The van der Waals surface area contributed by atoms with Crippen molar-refractivity contribution in [3.8, 4) is 0 Å². The molecule has 2 heterocycles. The molecule has 2 aromatic rings. The Bertz CT molecular complexity index is 466. The quantitative estimate of drug-likeness (QED) is 0.705. The van der Waals surface area contributed by atoms with Crippen LogP contribution in [0.5, 0.6) is 0 Å². The van der Waals surface area contributed by atoms with Crippen LogP contribution in [-0.4, -0.2) is 31.5 Å². The maximum absolute atomic E-state index is 10.4. The largest absolute Gasteiger partial charge is 0.298 e. The molecule has 6 nitrogen and oxygen atoms in total. The van der Waals surface area contributed by atoms with Crippen LogP contribution in [0.3, 0.4) is 0 Å². The van der Waals surface area contributed by atoms with Gasteiger partial charge in [-0.3, -0.25) is 4.79 Å². The maximum atomic E-state index is 10.4. The molecule has 0 saturated heterocycles. The van der Waals surface area contributed by atoms with Gasteiger partial charge in [-0.25, -0.2) is 9.67 Å². The van der Waals surface area contributed by atoms with Gasteiger partial charge in [0.25, 0.3) is 0 Å². The summed E-state index contributed by atoms with van der Waals surface area (Å²) in [6.07, 6.45) is 2.27. The third-order valence-electron chi connectivity index (χ3n) is 1.67. The van der Waals surface area contributed by atoms with Crippen molar-refractivity contribution in [2.24, 2.45) is 7.05 Å². The summed E-state index contributed by atoms with van der Waals surface area (Å²) in [7, 11) is 1.75. The van der Waals surface area contributed by atoms with Gasteiger partial charge in [-0.05, 0) is 34.3 Å². The molecule has 7 heteroatoms. The minimum atomic E-state index is 0.551. The van der Waals surface area contributed by atoms with Gasteiger partial charge < -0.3 is 0 Å². The van der Waals surface area contributed by atoms with E-state index in [1.165, 1.54) is 18.0 Å². The highest BCUT2D eigenvalue weighted by Crippen LogP contribution is 2.22. The summed E-state index contributed by atoms with van der Waals surface area (Å²) >= 11 is 1.34. The van der Waals surface area contributed by atoms with Gasteiger partial charge in [0.15, 0.2) is 6.29 Å². The number of hydrogen-bond acceptors (Lipinski definition) is 6. The van der Waals surface area contributed by atoms with Crippen LogP contribution in [0.15, 0.2) is 28.5 Å². The van der Waals surface area contributed by atoms with Crippen molar-refractivity contribution >= 4 is 18.0 Å². The number of carbonyl (C=O) groups excluding carboxylic acids is 1. The molecule has 0 N–H and O–H groups in total. The number of tetrazole rings is 1. The Morgan fingerprint density at radius 2 is 2.33 bits per heavy atom. The zero-order chi connectivity index (χ0) is 10.7. The van der Waals surface area contributed by atoms with Gasteiger partial charge in [0.05, 0.1) is 0 Å². The number of pyridine rings is 1. The molecule has 0 radical (unpaired) electrons. The van der Waals surface area contributed by atoms with Crippen LogP contribution in [0.1, 0.15) is 10.4 Å². The highest BCUT2D eigenvalue weighted by atomic mass is 32.2. The second-order valence-electron chi connectivity index (χ2n) is 2.73. The second kappa shape index (κ2) is 4.18. The summed E-state index contributed by atoms with van der Waals surface area (Å²) in [5.74, 6) is 0. The number of aryl methyl sites for hydroxylation is 1. The third-order valence-corrected chi connectivity index (χ3v) is 2.65. The average molecular weight is 221 g/mol. The van der Waals surface area contributed by atoms with E-state index in [9.17, 15) is 4.79 Å². The molecule has 0 spiro atoms. The first kappa shape index (κ1) is 9.78. The van der Waals surface area contributed by atoms with E-state index in [4.69, 9.17) is 0 Å². The van der Waals surface area contributed by atoms with Crippen LogP contribution in [0, 0.1) is 0 Å². The molecule has 15 heavy (non-hydrogen) atoms. The zero-order valence-electron chi connectivity index (χ0n) is 7.86. The molecule has 0 bridgehead atoms. The van der Waals surface area contributed by atoms with Gasteiger partial charge in [-0.1, -0.05) is 0 Å². The fourth-order valence-corrected chi connectivity index (χ4v) is 1.60. The molecular formula is C8H7N5OS. The molecule has 2 aromatic heterocycles. The Labute approximate surface area is 89.7 Å². The first-order chi connectivity index (χ1) is 7.29. The lowest BCUT2D eigenvalue weighted by atomic mass is 10.3. The summed E-state index contributed by atoms with van der Waals surface area (Å²) in [5, 5.41) is 12.4. The normalized spacial score (nSPS) is 10.2. The Morgan fingerprint density at radius 1 is 1.47 bits per heavy atom. The molecule has 0 atom stereocenters. The number of carbonyl (C=O) groups is 1. The van der Waals surface area contributed by atoms with E-state index in [2.05, 4.69) is 20.5 Å². The van der Waals surface area contributed by atoms with Gasteiger partial charge in [0.2, 0.25) is 5.16 Å². The smallest absolute Gasteiger partial charge is 0.215 e. The summed E-state index contributed by atoms with van der Waals surface area (Å²) in [4.78, 5) is 14.5. The fraction of sp³-hybridized carbons (Fsp3) is 0.125. The van der Waals surface area contributed by atoms with E-state index in [1.54, 1.807) is 23.9 Å². The fourth-order valence-electron chi connectivity index (χ4n) is 0.923. The number of aldehydes is 1. The molecule has 0 aliphatic rings. The van der Waals surface area contributed by atoms with E-state index in [-0.39, 0.29) is 0 Å². The highest BCUT2D eigenvalue weighted by Gasteiger charge is 2.05. The number of nitrogens with zero attached hydrogens (tertiary/aromatic N) is 5.